The molecule has 0 N–H and O–H groups in total. The monoisotopic (exact) mass is 259 g/mol. The molecule has 0 unspecified atom stereocenters. The Hall–Kier alpha value is -1.98. The third-order valence-electron chi connectivity index (χ3n) is 3.44. The van der Waals surface area contributed by atoms with E-state index >= 15 is 0 Å². The van der Waals surface area contributed by atoms with Crippen LogP contribution in [-0.4, -0.2) is 33.2 Å². The third kappa shape index (κ3) is 2.57. The van der Waals surface area contributed by atoms with Crippen LogP contribution in [0.15, 0.2) is 16.9 Å². The van der Waals surface area contributed by atoms with Crippen LogP contribution in [0.4, 0.5) is 5.82 Å². The van der Waals surface area contributed by atoms with Gasteiger partial charge in [-0.05, 0) is 19.8 Å². The first-order valence-electron chi connectivity index (χ1n) is 6.56. The van der Waals surface area contributed by atoms with E-state index in [0.717, 1.165) is 43.3 Å². The number of nitrogens with zero attached hydrogens (tertiary/aromatic N) is 5. The molecule has 0 radical (unpaired) electrons. The molecule has 1 aliphatic heterocycles. The molecule has 0 amide bonds. The fraction of sp³-hybridized carbons (Fsp3) is 0.538. The molecular weight excluding hydrogens is 242 g/mol. The topological polar surface area (TPSA) is 67.9 Å². The van der Waals surface area contributed by atoms with Gasteiger partial charge in [-0.3, -0.25) is 0 Å². The predicted octanol–water partition coefficient (Wildman–Crippen LogP) is 1.86. The second kappa shape index (κ2) is 4.95. The molecule has 1 aliphatic rings. The van der Waals surface area contributed by atoms with Crippen LogP contribution in [0.2, 0.25) is 0 Å². The summed E-state index contributed by atoms with van der Waals surface area (Å²) in [6.07, 6.45) is 3.83. The summed E-state index contributed by atoms with van der Waals surface area (Å²) in [6.45, 7) is 5.71. The molecule has 6 heteroatoms. The SMILES string of the molecule is Cc1cc(N2CCC[C@@H](c3noc(C)n3)C2)ncn1. The molecule has 1 fully saturated rings. The highest BCUT2D eigenvalue weighted by atomic mass is 16.5. The normalized spacial score (nSPS) is 19.7. The maximum absolute atomic E-state index is 5.07. The lowest BCUT2D eigenvalue weighted by Gasteiger charge is -2.32. The van der Waals surface area contributed by atoms with Crippen LogP contribution in [0.1, 0.15) is 36.2 Å². The van der Waals surface area contributed by atoms with E-state index in [2.05, 4.69) is 25.0 Å². The maximum Gasteiger partial charge on any atom is 0.223 e. The Morgan fingerprint density at radius 1 is 1.32 bits per heavy atom. The lowest BCUT2D eigenvalue weighted by molar-refractivity contribution is 0.376. The summed E-state index contributed by atoms with van der Waals surface area (Å²) in [5.74, 6) is 2.75. The summed E-state index contributed by atoms with van der Waals surface area (Å²) in [7, 11) is 0. The third-order valence-corrected chi connectivity index (χ3v) is 3.44. The molecule has 0 spiro atoms. The first kappa shape index (κ1) is 12.1. The summed E-state index contributed by atoms with van der Waals surface area (Å²) in [6, 6.07) is 2.02. The Morgan fingerprint density at radius 3 is 2.95 bits per heavy atom. The van der Waals surface area contributed by atoms with E-state index in [1.165, 1.54) is 0 Å². The molecule has 1 saturated heterocycles. The zero-order valence-electron chi connectivity index (χ0n) is 11.2. The zero-order chi connectivity index (χ0) is 13.2. The van der Waals surface area contributed by atoms with Gasteiger partial charge < -0.3 is 9.42 Å². The van der Waals surface area contributed by atoms with Crippen molar-refractivity contribution in [2.75, 3.05) is 18.0 Å². The summed E-state index contributed by atoms with van der Waals surface area (Å²) < 4.78 is 5.07. The minimum atomic E-state index is 0.321. The van der Waals surface area contributed by atoms with Gasteiger partial charge in [0.15, 0.2) is 5.82 Å². The second-order valence-corrected chi connectivity index (χ2v) is 4.97. The van der Waals surface area contributed by atoms with Gasteiger partial charge in [0.1, 0.15) is 12.1 Å². The van der Waals surface area contributed by atoms with Crippen LogP contribution in [0.25, 0.3) is 0 Å². The smallest absolute Gasteiger partial charge is 0.223 e. The van der Waals surface area contributed by atoms with Crippen LogP contribution in [0.3, 0.4) is 0 Å². The van der Waals surface area contributed by atoms with Gasteiger partial charge in [0.05, 0.1) is 0 Å². The Bertz CT molecular complexity index is 568. The highest BCUT2D eigenvalue weighted by molar-refractivity contribution is 5.39. The van der Waals surface area contributed by atoms with Crippen LogP contribution >= 0.6 is 0 Å². The fourth-order valence-electron chi connectivity index (χ4n) is 2.49. The zero-order valence-corrected chi connectivity index (χ0v) is 11.2. The number of anilines is 1. The van der Waals surface area contributed by atoms with E-state index in [9.17, 15) is 0 Å². The predicted molar refractivity (Wildman–Crippen MR) is 70.0 cm³/mol. The van der Waals surface area contributed by atoms with E-state index in [-0.39, 0.29) is 0 Å². The molecule has 0 saturated carbocycles. The van der Waals surface area contributed by atoms with Crippen LogP contribution < -0.4 is 4.90 Å². The van der Waals surface area contributed by atoms with Gasteiger partial charge in [-0.2, -0.15) is 4.98 Å². The van der Waals surface area contributed by atoms with Crippen LogP contribution in [0, 0.1) is 13.8 Å². The van der Waals surface area contributed by atoms with Crippen molar-refractivity contribution in [3.8, 4) is 0 Å². The first-order chi connectivity index (χ1) is 9.22. The quantitative estimate of drug-likeness (QED) is 0.820. The molecule has 100 valence electrons. The standard InChI is InChI=1S/C13H17N5O/c1-9-6-12(15-8-14-9)18-5-3-4-11(7-18)13-16-10(2)19-17-13/h6,8,11H,3-5,7H2,1-2H3/t11-/m1/s1. The van der Waals surface area contributed by atoms with Crippen molar-refractivity contribution in [3.05, 3.63) is 29.8 Å². The lowest BCUT2D eigenvalue weighted by Crippen LogP contribution is -2.35. The van der Waals surface area contributed by atoms with Gasteiger partial charge in [-0.1, -0.05) is 5.16 Å². The molecule has 0 aliphatic carbocycles. The van der Waals surface area contributed by atoms with Crippen molar-refractivity contribution < 1.29 is 4.52 Å². The summed E-state index contributed by atoms with van der Waals surface area (Å²) in [5.41, 5.74) is 0.988. The van der Waals surface area contributed by atoms with E-state index < -0.39 is 0 Å². The van der Waals surface area contributed by atoms with Crippen molar-refractivity contribution >= 4 is 5.82 Å². The van der Waals surface area contributed by atoms with Crippen molar-refractivity contribution in [2.45, 2.75) is 32.6 Å². The average Bonchev–Trinajstić information content (AvgIpc) is 2.86. The fourth-order valence-corrected chi connectivity index (χ4v) is 2.49. The number of aryl methyl sites for hydroxylation is 2. The number of aromatic nitrogens is 4. The molecule has 1 atom stereocenters. The summed E-state index contributed by atoms with van der Waals surface area (Å²) in [5, 5.41) is 4.04. The maximum atomic E-state index is 5.07. The number of rotatable bonds is 2. The number of hydrogen-bond acceptors (Lipinski definition) is 6. The summed E-state index contributed by atoms with van der Waals surface area (Å²) >= 11 is 0. The Labute approximate surface area is 111 Å². The summed E-state index contributed by atoms with van der Waals surface area (Å²) in [4.78, 5) is 15.1. The number of piperidine rings is 1. The second-order valence-electron chi connectivity index (χ2n) is 4.97. The highest BCUT2D eigenvalue weighted by Gasteiger charge is 2.25. The Kier molecular flexibility index (Phi) is 3.15. The van der Waals surface area contributed by atoms with Crippen molar-refractivity contribution in [1.29, 1.82) is 0 Å². The molecule has 2 aromatic rings. The van der Waals surface area contributed by atoms with E-state index in [1.807, 2.05) is 19.9 Å². The molecule has 19 heavy (non-hydrogen) atoms. The van der Waals surface area contributed by atoms with E-state index in [0.29, 0.717) is 11.8 Å². The lowest BCUT2D eigenvalue weighted by atomic mass is 9.97. The molecule has 0 aromatic carbocycles. The molecular formula is C13H17N5O. The average molecular weight is 259 g/mol. The van der Waals surface area contributed by atoms with Crippen molar-refractivity contribution in [1.82, 2.24) is 20.1 Å². The van der Waals surface area contributed by atoms with Crippen LogP contribution in [0.5, 0.6) is 0 Å². The Morgan fingerprint density at radius 2 is 2.21 bits per heavy atom. The van der Waals surface area contributed by atoms with Gasteiger partial charge in [-0.25, -0.2) is 9.97 Å². The van der Waals surface area contributed by atoms with Gasteiger partial charge in [0, 0.05) is 37.7 Å². The van der Waals surface area contributed by atoms with Crippen molar-refractivity contribution in [3.63, 3.8) is 0 Å². The molecule has 6 nitrogen and oxygen atoms in total. The molecule has 0 bridgehead atoms. The highest BCUT2D eigenvalue weighted by Crippen LogP contribution is 2.27. The minimum Gasteiger partial charge on any atom is -0.356 e. The van der Waals surface area contributed by atoms with E-state index in [4.69, 9.17) is 4.52 Å². The molecule has 3 heterocycles. The van der Waals surface area contributed by atoms with Crippen molar-refractivity contribution in [2.24, 2.45) is 0 Å². The molecule has 2 aromatic heterocycles. The van der Waals surface area contributed by atoms with Crippen LogP contribution in [-0.2, 0) is 0 Å². The Balaban J connectivity index is 1.78. The van der Waals surface area contributed by atoms with Gasteiger partial charge >= 0.3 is 0 Å². The van der Waals surface area contributed by atoms with Gasteiger partial charge in [0.2, 0.25) is 5.89 Å². The van der Waals surface area contributed by atoms with Gasteiger partial charge in [0.25, 0.3) is 0 Å². The minimum absolute atomic E-state index is 0.321. The van der Waals surface area contributed by atoms with E-state index in [1.54, 1.807) is 6.33 Å². The number of hydrogen-bond donors (Lipinski definition) is 0. The van der Waals surface area contributed by atoms with Gasteiger partial charge in [-0.15, -0.1) is 0 Å². The molecule has 3 rings (SSSR count). The largest absolute Gasteiger partial charge is 0.356 e. The first-order valence-corrected chi connectivity index (χ1v) is 6.56.